The fourth-order valence-corrected chi connectivity index (χ4v) is 3.80. The van der Waals surface area contributed by atoms with Gasteiger partial charge in [0.2, 0.25) is 0 Å². The first-order valence-electron chi connectivity index (χ1n) is 7.15. The summed E-state index contributed by atoms with van der Waals surface area (Å²) in [6, 6.07) is 10.9. The van der Waals surface area contributed by atoms with Gasteiger partial charge in [-0.2, -0.15) is 0 Å². The number of hydrogen-bond acceptors (Lipinski definition) is 4. The highest BCUT2D eigenvalue weighted by molar-refractivity contribution is 7.19. The van der Waals surface area contributed by atoms with Crippen LogP contribution in [0.5, 0.6) is 0 Å². The van der Waals surface area contributed by atoms with E-state index in [1.165, 1.54) is 20.5 Å². The molecule has 3 aromatic rings. The van der Waals surface area contributed by atoms with Gasteiger partial charge in [-0.05, 0) is 43.9 Å². The number of fused-ring (bicyclic) bond motifs is 1. The molecule has 21 heavy (non-hydrogen) atoms. The van der Waals surface area contributed by atoms with Gasteiger partial charge in [-0.1, -0.05) is 18.2 Å². The molecule has 0 saturated carbocycles. The molecule has 0 radical (unpaired) electrons. The third-order valence-corrected chi connectivity index (χ3v) is 5.15. The standard InChI is InChI=1S/C17H19N3S/c1-11-15-6-4-5-7-16(15)21-17(11)12(2)19-10-14-8-9-18-13(3)20-14/h4-9,12,19H,10H2,1-3H3. The van der Waals surface area contributed by atoms with Crippen molar-refractivity contribution < 1.29 is 0 Å². The zero-order chi connectivity index (χ0) is 14.8. The maximum atomic E-state index is 4.43. The van der Waals surface area contributed by atoms with Crippen molar-refractivity contribution in [1.82, 2.24) is 15.3 Å². The summed E-state index contributed by atoms with van der Waals surface area (Å²) in [5, 5.41) is 4.93. The molecule has 4 heteroatoms. The highest BCUT2D eigenvalue weighted by Gasteiger charge is 2.14. The van der Waals surface area contributed by atoms with Crippen LogP contribution >= 0.6 is 11.3 Å². The van der Waals surface area contributed by atoms with E-state index >= 15 is 0 Å². The molecule has 0 fully saturated rings. The Bertz CT molecular complexity index is 764. The first kappa shape index (κ1) is 14.2. The second-order valence-electron chi connectivity index (χ2n) is 5.29. The minimum absolute atomic E-state index is 0.317. The van der Waals surface area contributed by atoms with E-state index in [0.29, 0.717) is 6.04 Å². The summed E-state index contributed by atoms with van der Waals surface area (Å²) in [6.45, 7) is 7.11. The molecule has 3 rings (SSSR count). The molecule has 0 aliphatic heterocycles. The lowest BCUT2D eigenvalue weighted by Gasteiger charge is -2.13. The molecule has 108 valence electrons. The van der Waals surface area contributed by atoms with Gasteiger partial charge in [-0.3, -0.25) is 0 Å². The van der Waals surface area contributed by atoms with E-state index in [-0.39, 0.29) is 0 Å². The van der Waals surface area contributed by atoms with Crippen molar-refractivity contribution in [2.75, 3.05) is 0 Å². The fraction of sp³-hybridized carbons (Fsp3) is 0.294. The van der Waals surface area contributed by atoms with Crippen LogP contribution in [0.15, 0.2) is 36.5 Å². The molecule has 0 aliphatic rings. The first-order valence-corrected chi connectivity index (χ1v) is 7.96. The van der Waals surface area contributed by atoms with Crippen molar-refractivity contribution in [3.8, 4) is 0 Å². The number of hydrogen-bond donors (Lipinski definition) is 1. The number of nitrogens with zero attached hydrogens (tertiary/aromatic N) is 2. The highest BCUT2D eigenvalue weighted by atomic mass is 32.1. The van der Waals surface area contributed by atoms with Gasteiger partial charge in [0, 0.05) is 28.4 Å². The lowest BCUT2D eigenvalue weighted by molar-refractivity contribution is 0.572. The summed E-state index contributed by atoms with van der Waals surface area (Å²) >= 11 is 1.88. The van der Waals surface area contributed by atoms with Crippen molar-refractivity contribution in [3.63, 3.8) is 0 Å². The molecule has 1 atom stereocenters. The first-order chi connectivity index (χ1) is 10.1. The molecule has 0 bridgehead atoms. The van der Waals surface area contributed by atoms with Crippen molar-refractivity contribution in [2.45, 2.75) is 33.4 Å². The number of rotatable bonds is 4. The molecule has 0 aliphatic carbocycles. The summed E-state index contributed by atoms with van der Waals surface area (Å²) in [6.07, 6.45) is 1.81. The van der Waals surface area contributed by atoms with Crippen LogP contribution < -0.4 is 5.32 Å². The lowest BCUT2D eigenvalue weighted by Crippen LogP contribution is -2.18. The van der Waals surface area contributed by atoms with Crippen LogP contribution in [0.4, 0.5) is 0 Å². The van der Waals surface area contributed by atoms with Crippen LogP contribution in [-0.4, -0.2) is 9.97 Å². The van der Waals surface area contributed by atoms with E-state index in [4.69, 9.17) is 0 Å². The number of thiophene rings is 1. The molecule has 1 unspecified atom stereocenters. The van der Waals surface area contributed by atoms with Crippen LogP contribution in [0.25, 0.3) is 10.1 Å². The van der Waals surface area contributed by atoms with E-state index in [1.807, 2.05) is 30.5 Å². The molecular formula is C17H19N3S. The monoisotopic (exact) mass is 297 g/mol. The second-order valence-corrected chi connectivity index (χ2v) is 6.37. The average Bonchev–Trinajstić information content (AvgIpc) is 2.83. The molecule has 2 aromatic heterocycles. The predicted molar refractivity (Wildman–Crippen MR) is 88.6 cm³/mol. The van der Waals surface area contributed by atoms with E-state index < -0.39 is 0 Å². The quantitative estimate of drug-likeness (QED) is 0.786. The smallest absolute Gasteiger partial charge is 0.125 e. The summed E-state index contributed by atoms with van der Waals surface area (Å²) in [4.78, 5) is 9.97. The lowest BCUT2D eigenvalue weighted by atomic mass is 10.1. The second kappa shape index (κ2) is 5.92. The Kier molecular flexibility index (Phi) is 3.99. The zero-order valence-electron chi connectivity index (χ0n) is 12.6. The zero-order valence-corrected chi connectivity index (χ0v) is 13.4. The van der Waals surface area contributed by atoms with Gasteiger partial charge < -0.3 is 5.32 Å². The van der Waals surface area contributed by atoms with E-state index in [0.717, 1.165) is 18.1 Å². The van der Waals surface area contributed by atoms with Crippen molar-refractivity contribution in [3.05, 3.63) is 58.5 Å². The molecule has 0 saturated heterocycles. The summed E-state index contributed by atoms with van der Waals surface area (Å²) < 4.78 is 1.36. The van der Waals surface area contributed by atoms with Crippen LogP contribution in [0.3, 0.4) is 0 Å². The highest BCUT2D eigenvalue weighted by Crippen LogP contribution is 2.34. The van der Waals surface area contributed by atoms with Gasteiger partial charge >= 0.3 is 0 Å². The SMILES string of the molecule is Cc1nccc(CNC(C)c2sc3ccccc3c2C)n1. The summed E-state index contributed by atoms with van der Waals surface area (Å²) in [5.74, 6) is 0.819. The van der Waals surface area contributed by atoms with E-state index in [1.54, 1.807) is 0 Å². The van der Waals surface area contributed by atoms with Crippen molar-refractivity contribution in [2.24, 2.45) is 0 Å². The number of aryl methyl sites for hydroxylation is 2. The van der Waals surface area contributed by atoms with Crippen molar-refractivity contribution >= 4 is 21.4 Å². The Morgan fingerprint density at radius 3 is 2.76 bits per heavy atom. The molecule has 1 N–H and O–H groups in total. The number of aromatic nitrogens is 2. The average molecular weight is 297 g/mol. The van der Waals surface area contributed by atoms with Gasteiger partial charge in [-0.25, -0.2) is 9.97 Å². The molecule has 3 nitrogen and oxygen atoms in total. The number of benzene rings is 1. The summed E-state index contributed by atoms with van der Waals surface area (Å²) in [5.41, 5.74) is 2.42. The van der Waals surface area contributed by atoms with E-state index in [2.05, 4.69) is 53.4 Å². The molecular weight excluding hydrogens is 278 g/mol. The van der Waals surface area contributed by atoms with Gasteiger partial charge in [0.15, 0.2) is 0 Å². The topological polar surface area (TPSA) is 37.8 Å². The summed E-state index contributed by atoms with van der Waals surface area (Å²) in [7, 11) is 0. The molecule has 1 aromatic carbocycles. The third kappa shape index (κ3) is 2.96. The third-order valence-electron chi connectivity index (χ3n) is 3.70. The van der Waals surface area contributed by atoms with Gasteiger partial charge in [0.1, 0.15) is 5.82 Å². The van der Waals surface area contributed by atoms with Crippen LogP contribution in [0.2, 0.25) is 0 Å². The minimum atomic E-state index is 0.317. The Labute approximate surface area is 129 Å². The Morgan fingerprint density at radius 2 is 2.00 bits per heavy atom. The largest absolute Gasteiger partial charge is 0.304 e. The normalized spacial score (nSPS) is 12.7. The van der Waals surface area contributed by atoms with Gasteiger partial charge in [0.05, 0.1) is 5.69 Å². The van der Waals surface area contributed by atoms with E-state index in [9.17, 15) is 0 Å². The van der Waals surface area contributed by atoms with Crippen LogP contribution in [0.1, 0.15) is 34.9 Å². The van der Waals surface area contributed by atoms with Gasteiger partial charge in [0.25, 0.3) is 0 Å². The molecule has 0 amide bonds. The predicted octanol–water partition coefficient (Wildman–Crippen LogP) is 4.16. The van der Waals surface area contributed by atoms with Crippen LogP contribution in [0, 0.1) is 13.8 Å². The fourth-order valence-electron chi connectivity index (χ4n) is 2.56. The maximum Gasteiger partial charge on any atom is 0.125 e. The van der Waals surface area contributed by atoms with Gasteiger partial charge in [-0.15, -0.1) is 11.3 Å². The Balaban J connectivity index is 1.78. The molecule has 2 heterocycles. The Hall–Kier alpha value is -1.78. The van der Waals surface area contributed by atoms with Crippen LogP contribution in [-0.2, 0) is 6.54 Å². The Morgan fingerprint density at radius 1 is 1.19 bits per heavy atom. The molecule has 0 spiro atoms. The number of nitrogens with one attached hydrogen (secondary N) is 1. The maximum absolute atomic E-state index is 4.43. The van der Waals surface area contributed by atoms with Crippen molar-refractivity contribution in [1.29, 1.82) is 0 Å². The minimum Gasteiger partial charge on any atom is -0.304 e.